The fraction of sp³-hybridized carbons (Fsp3) is 0.0286. The van der Waals surface area contributed by atoms with Gasteiger partial charge in [0, 0.05) is 35.2 Å². The van der Waals surface area contributed by atoms with E-state index in [0.29, 0.717) is 0 Å². The Morgan fingerprint density at radius 3 is 1.73 bits per heavy atom. The molecule has 0 bridgehead atoms. The summed E-state index contributed by atoms with van der Waals surface area (Å²) in [5, 5.41) is 2.46. The van der Waals surface area contributed by atoms with Gasteiger partial charge in [0.05, 0.1) is 5.69 Å². The van der Waals surface area contributed by atoms with Crippen molar-refractivity contribution < 1.29 is 0 Å². The van der Waals surface area contributed by atoms with Crippen LogP contribution in [0.3, 0.4) is 0 Å². The Morgan fingerprint density at radius 2 is 0.946 bits per heavy atom. The SMILES string of the molecule is CN(c1ccc(N(c2ccccc2)c2cccc3ccccc23)cc1)c1cccc(-c2ccccc2)c1. The van der Waals surface area contributed by atoms with Crippen LogP contribution in [0.2, 0.25) is 0 Å². The molecule has 0 radical (unpaired) electrons. The van der Waals surface area contributed by atoms with E-state index in [4.69, 9.17) is 0 Å². The van der Waals surface area contributed by atoms with Crippen LogP contribution >= 0.6 is 0 Å². The number of hydrogen-bond acceptors (Lipinski definition) is 2. The Labute approximate surface area is 218 Å². The minimum Gasteiger partial charge on any atom is -0.345 e. The molecule has 0 saturated heterocycles. The second-order valence-corrected chi connectivity index (χ2v) is 9.16. The van der Waals surface area contributed by atoms with Gasteiger partial charge in [0.15, 0.2) is 0 Å². The molecule has 0 aliphatic carbocycles. The Balaban J connectivity index is 1.37. The quantitative estimate of drug-likeness (QED) is 0.236. The van der Waals surface area contributed by atoms with Crippen LogP contribution in [0.15, 0.2) is 152 Å². The van der Waals surface area contributed by atoms with Gasteiger partial charge in [0.1, 0.15) is 0 Å². The summed E-state index contributed by atoms with van der Waals surface area (Å²) in [5.41, 5.74) is 8.16. The molecule has 6 aromatic carbocycles. The van der Waals surface area contributed by atoms with E-state index in [0.717, 1.165) is 22.7 Å². The minimum absolute atomic E-state index is 1.12. The Morgan fingerprint density at radius 1 is 0.405 bits per heavy atom. The summed E-state index contributed by atoms with van der Waals surface area (Å²) in [5.74, 6) is 0. The predicted molar refractivity (Wildman–Crippen MR) is 159 cm³/mol. The van der Waals surface area contributed by atoms with E-state index in [9.17, 15) is 0 Å². The zero-order valence-electron chi connectivity index (χ0n) is 20.8. The first-order valence-electron chi connectivity index (χ1n) is 12.6. The molecular formula is C35H28N2. The molecule has 2 heteroatoms. The Kier molecular flexibility index (Phi) is 6.14. The smallest absolute Gasteiger partial charge is 0.0540 e. The standard InChI is InChI=1S/C35H28N2/c1-36(33-19-10-16-29(26-33)27-12-4-2-5-13-27)30-22-24-32(25-23-30)37(31-17-6-3-7-18-31)35-21-11-15-28-14-8-9-20-34(28)35/h2-26H,1H3. The van der Waals surface area contributed by atoms with Crippen molar-refractivity contribution in [3.63, 3.8) is 0 Å². The number of para-hydroxylation sites is 1. The number of hydrogen-bond donors (Lipinski definition) is 0. The van der Waals surface area contributed by atoms with E-state index < -0.39 is 0 Å². The van der Waals surface area contributed by atoms with Gasteiger partial charge in [-0.3, -0.25) is 0 Å². The van der Waals surface area contributed by atoms with Gasteiger partial charge in [-0.1, -0.05) is 97.1 Å². The molecule has 0 amide bonds. The maximum absolute atomic E-state index is 2.34. The molecule has 6 aromatic rings. The number of benzene rings is 6. The fourth-order valence-electron chi connectivity index (χ4n) is 4.91. The fourth-order valence-corrected chi connectivity index (χ4v) is 4.91. The van der Waals surface area contributed by atoms with E-state index >= 15 is 0 Å². The maximum Gasteiger partial charge on any atom is 0.0540 e. The number of anilines is 5. The van der Waals surface area contributed by atoms with Gasteiger partial charge in [0.25, 0.3) is 0 Å². The summed E-state index contributed by atoms with van der Waals surface area (Å²) in [6.07, 6.45) is 0. The summed E-state index contributed by atoms with van der Waals surface area (Å²) in [6, 6.07) is 53.7. The molecule has 37 heavy (non-hydrogen) atoms. The second kappa shape index (κ2) is 10.0. The van der Waals surface area contributed by atoms with Crippen LogP contribution < -0.4 is 9.80 Å². The van der Waals surface area contributed by atoms with Crippen LogP contribution in [0.25, 0.3) is 21.9 Å². The largest absolute Gasteiger partial charge is 0.345 e. The third-order valence-corrected chi connectivity index (χ3v) is 6.86. The van der Waals surface area contributed by atoms with Gasteiger partial charge in [0.2, 0.25) is 0 Å². The average molecular weight is 477 g/mol. The number of rotatable bonds is 6. The molecule has 0 aliphatic rings. The predicted octanol–water partition coefficient (Wildman–Crippen LogP) is 9.74. The highest BCUT2D eigenvalue weighted by atomic mass is 15.1. The van der Waals surface area contributed by atoms with Crippen molar-refractivity contribution in [3.8, 4) is 11.1 Å². The molecule has 6 rings (SSSR count). The van der Waals surface area contributed by atoms with Gasteiger partial charge >= 0.3 is 0 Å². The van der Waals surface area contributed by atoms with Crippen LogP contribution in [-0.2, 0) is 0 Å². The number of nitrogens with zero attached hydrogens (tertiary/aromatic N) is 2. The van der Waals surface area contributed by atoms with Crippen LogP contribution in [0, 0.1) is 0 Å². The molecule has 0 unspecified atom stereocenters. The zero-order chi connectivity index (χ0) is 25.0. The van der Waals surface area contributed by atoms with Crippen molar-refractivity contribution in [2.45, 2.75) is 0 Å². The first-order chi connectivity index (χ1) is 18.3. The van der Waals surface area contributed by atoms with Gasteiger partial charge < -0.3 is 9.80 Å². The molecule has 0 aromatic heterocycles. The highest BCUT2D eigenvalue weighted by molar-refractivity contribution is 5.98. The molecule has 0 heterocycles. The van der Waals surface area contributed by atoms with E-state index in [2.05, 4.69) is 169 Å². The van der Waals surface area contributed by atoms with Gasteiger partial charge in [-0.25, -0.2) is 0 Å². The maximum atomic E-state index is 2.34. The van der Waals surface area contributed by atoms with Crippen molar-refractivity contribution >= 4 is 39.2 Å². The van der Waals surface area contributed by atoms with Crippen molar-refractivity contribution in [2.75, 3.05) is 16.8 Å². The summed E-state index contributed by atoms with van der Waals surface area (Å²) < 4.78 is 0. The first-order valence-corrected chi connectivity index (χ1v) is 12.6. The molecule has 0 atom stereocenters. The van der Waals surface area contributed by atoms with E-state index in [1.54, 1.807) is 0 Å². The van der Waals surface area contributed by atoms with Crippen molar-refractivity contribution in [2.24, 2.45) is 0 Å². The Hall–Kier alpha value is -4.82. The molecule has 0 N–H and O–H groups in total. The molecule has 178 valence electrons. The van der Waals surface area contributed by atoms with Gasteiger partial charge in [-0.2, -0.15) is 0 Å². The van der Waals surface area contributed by atoms with Crippen molar-refractivity contribution in [1.82, 2.24) is 0 Å². The van der Waals surface area contributed by atoms with Crippen LogP contribution in [-0.4, -0.2) is 7.05 Å². The van der Waals surface area contributed by atoms with Crippen LogP contribution in [0.5, 0.6) is 0 Å². The zero-order valence-corrected chi connectivity index (χ0v) is 20.8. The summed E-state index contributed by atoms with van der Waals surface area (Å²) >= 11 is 0. The normalized spacial score (nSPS) is 10.8. The first kappa shape index (κ1) is 22.6. The molecule has 0 fully saturated rings. The highest BCUT2D eigenvalue weighted by Gasteiger charge is 2.15. The summed E-state index contributed by atoms with van der Waals surface area (Å²) in [7, 11) is 2.12. The Bertz CT molecular complexity index is 1620. The van der Waals surface area contributed by atoms with Crippen molar-refractivity contribution in [1.29, 1.82) is 0 Å². The van der Waals surface area contributed by atoms with Crippen molar-refractivity contribution in [3.05, 3.63) is 152 Å². The number of fused-ring (bicyclic) bond motifs is 1. The topological polar surface area (TPSA) is 6.48 Å². The van der Waals surface area contributed by atoms with E-state index in [1.807, 2.05) is 0 Å². The average Bonchev–Trinajstić information content (AvgIpc) is 2.98. The lowest BCUT2D eigenvalue weighted by molar-refractivity contribution is 1.20. The summed E-state index contributed by atoms with van der Waals surface area (Å²) in [6.45, 7) is 0. The monoisotopic (exact) mass is 476 g/mol. The molecule has 0 spiro atoms. The lowest BCUT2D eigenvalue weighted by atomic mass is 10.0. The highest BCUT2D eigenvalue weighted by Crippen LogP contribution is 2.39. The summed E-state index contributed by atoms with van der Waals surface area (Å²) in [4.78, 5) is 4.57. The molecule has 0 aliphatic heterocycles. The van der Waals surface area contributed by atoms with Crippen LogP contribution in [0.1, 0.15) is 0 Å². The third kappa shape index (κ3) is 4.57. The van der Waals surface area contributed by atoms with Gasteiger partial charge in [-0.05, 0) is 71.1 Å². The molecular weight excluding hydrogens is 448 g/mol. The molecule has 0 saturated carbocycles. The minimum atomic E-state index is 1.12. The lowest BCUT2D eigenvalue weighted by Crippen LogP contribution is -2.12. The third-order valence-electron chi connectivity index (χ3n) is 6.86. The van der Waals surface area contributed by atoms with Crippen LogP contribution in [0.4, 0.5) is 28.4 Å². The lowest BCUT2D eigenvalue weighted by Gasteiger charge is -2.28. The van der Waals surface area contributed by atoms with E-state index in [1.165, 1.54) is 27.6 Å². The second-order valence-electron chi connectivity index (χ2n) is 9.16. The van der Waals surface area contributed by atoms with Gasteiger partial charge in [-0.15, -0.1) is 0 Å². The van der Waals surface area contributed by atoms with E-state index in [-0.39, 0.29) is 0 Å². The molecule has 2 nitrogen and oxygen atoms in total.